The molecule has 0 atom stereocenters. The lowest BCUT2D eigenvalue weighted by Crippen LogP contribution is -2.37. The van der Waals surface area contributed by atoms with Crippen molar-refractivity contribution >= 4 is 11.5 Å². The van der Waals surface area contributed by atoms with Gasteiger partial charge in [0, 0.05) is 37.6 Å². The molecule has 1 saturated heterocycles. The van der Waals surface area contributed by atoms with Crippen LogP contribution in [0.2, 0.25) is 0 Å². The van der Waals surface area contributed by atoms with Gasteiger partial charge >= 0.3 is 0 Å². The molecule has 5 heteroatoms. The second kappa shape index (κ2) is 6.42. The minimum absolute atomic E-state index is 0.558. The number of ether oxygens (including phenoxy) is 1. The van der Waals surface area contributed by atoms with Gasteiger partial charge in [0.25, 0.3) is 0 Å². The van der Waals surface area contributed by atoms with E-state index < -0.39 is 0 Å². The maximum atomic E-state index is 5.61. The molecule has 5 nitrogen and oxygen atoms in total. The Hall–Kier alpha value is -1.33. The summed E-state index contributed by atoms with van der Waals surface area (Å²) in [5, 5.41) is 3.35. The minimum atomic E-state index is 0.558. The predicted octanol–water partition coefficient (Wildman–Crippen LogP) is 0.798. The van der Waals surface area contributed by atoms with E-state index in [4.69, 9.17) is 10.5 Å². The van der Waals surface area contributed by atoms with Gasteiger partial charge in [-0.3, -0.25) is 4.90 Å². The van der Waals surface area contributed by atoms with Crippen molar-refractivity contribution in [1.82, 2.24) is 9.88 Å². The number of hydrogen-bond acceptors (Lipinski definition) is 5. The third-order valence-electron chi connectivity index (χ3n) is 2.87. The third kappa shape index (κ3) is 4.20. The first-order valence-corrected chi connectivity index (χ1v) is 6.10. The van der Waals surface area contributed by atoms with Crippen LogP contribution in [-0.2, 0) is 4.74 Å². The first-order chi connectivity index (χ1) is 8.34. The molecule has 94 valence electrons. The molecule has 1 aliphatic rings. The highest BCUT2D eigenvalue weighted by Crippen LogP contribution is 2.08. The van der Waals surface area contributed by atoms with Crippen molar-refractivity contribution in [2.45, 2.75) is 6.42 Å². The van der Waals surface area contributed by atoms with E-state index in [1.807, 2.05) is 12.1 Å². The van der Waals surface area contributed by atoms with Crippen LogP contribution in [0.5, 0.6) is 0 Å². The normalized spacial score (nSPS) is 16.9. The smallest absolute Gasteiger partial charge is 0.125 e. The highest BCUT2D eigenvalue weighted by Gasteiger charge is 2.08. The molecule has 0 aromatic carbocycles. The third-order valence-corrected chi connectivity index (χ3v) is 2.87. The average Bonchev–Trinajstić information content (AvgIpc) is 2.36. The fourth-order valence-electron chi connectivity index (χ4n) is 1.92. The summed E-state index contributed by atoms with van der Waals surface area (Å²) in [6.45, 7) is 5.94. The molecular formula is C12H20N4O. The van der Waals surface area contributed by atoms with Gasteiger partial charge < -0.3 is 15.8 Å². The number of pyridine rings is 1. The number of rotatable bonds is 5. The Balaban J connectivity index is 1.62. The lowest BCUT2D eigenvalue weighted by Gasteiger charge is -2.26. The summed E-state index contributed by atoms with van der Waals surface area (Å²) in [7, 11) is 0. The fraction of sp³-hybridized carbons (Fsp3) is 0.583. The summed E-state index contributed by atoms with van der Waals surface area (Å²) in [5.74, 6) is 0.558. The quantitative estimate of drug-likeness (QED) is 0.740. The minimum Gasteiger partial charge on any atom is -0.385 e. The van der Waals surface area contributed by atoms with Crippen molar-refractivity contribution in [1.29, 1.82) is 0 Å². The maximum Gasteiger partial charge on any atom is 0.125 e. The Bertz CT molecular complexity index is 339. The monoisotopic (exact) mass is 236 g/mol. The van der Waals surface area contributed by atoms with E-state index >= 15 is 0 Å². The molecule has 0 spiro atoms. The van der Waals surface area contributed by atoms with Crippen LogP contribution in [0.25, 0.3) is 0 Å². The molecule has 1 fully saturated rings. The van der Waals surface area contributed by atoms with Gasteiger partial charge in [-0.25, -0.2) is 4.98 Å². The molecule has 0 aliphatic carbocycles. The molecule has 3 N–H and O–H groups in total. The lowest BCUT2D eigenvalue weighted by molar-refractivity contribution is 0.0378. The summed E-state index contributed by atoms with van der Waals surface area (Å²) in [4.78, 5) is 6.39. The van der Waals surface area contributed by atoms with Crippen molar-refractivity contribution in [2.75, 3.05) is 50.4 Å². The standard InChI is InChI=1S/C12H20N4O/c13-12-10-11(2-4-15-12)14-3-1-5-16-6-8-17-9-7-16/h2,4,10H,1,3,5-9H2,(H3,13,14,15). The summed E-state index contributed by atoms with van der Waals surface area (Å²) >= 11 is 0. The zero-order valence-electron chi connectivity index (χ0n) is 10.1. The van der Waals surface area contributed by atoms with E-state index in [2.05, 4.69) is 15.2 Å². The van der Waals surface area contributed by atoms with Gasteiger partial charge in [0.2, 0.25) is 0 Å². The summed E-state index contributed by atoms with van der Waals surface area (Å²) in [6.07, 6.45) is 2.85. The molecule has 1 aliphatic heterocycles. The van der Waals surface area contributed by atoms with E-state index in [-0.39, 0.29) is 0 Å². The molecule has 0 bridgehead atoms. The van der Waals surface area contributed by atoms with Crippen LogP contribution >= 0.6 is 0 Å². The molecule has 0 saturated carbocycles. The molecule has 0 unspecified atom stereocenters. The number of nitrogens with two attached hydrogens (primary N) is 1. The van der Waals surface area contributed by atoms with Crippen molar-refractivity contribution in [3.8, 4) is 0 Å². The molecule has 0 radical (unpaired) electrons. The number of anilines is 2. The Kier molecular flexibility index (Phi) is 4.58. The van der Waals surface area contributed by atoms with Crippen LogP contribution in [0.1, 0.15) is 6.42 Å². The van der Waals surface area contributed by atoms with Gasteiger partial charge in [-0.2, -0.15) is 0 Å². The number of nitrogens with zero attached hydrogens (tertiary/aromatic N) is 2. The molecule has 2 heterocycles. The van der Waals surface area contributed by atoms with E-state index in [0.29, 0.717) is 5.82 Å². The Morgan fingerprint density at radius 3 is 3.00 bits per heavy atom. The second-order valence-corrected chi connectivity index (χ2v) is 4.20. The molecule has 1 aromatic rings. The van der Waals surface area contributed by atoms with Crippen LogP contribution < -0.4 is 11.1 Å². The zero-order chi connectivity index (χ0) is 11.9. The Labute approximate surface area is 102 Å². The number of hydrogen-bond donors (Lipinski definition) is 2. The SMILES string of the molecule is Nc1cc(NCCCN2CCOCC2)ccn1. The van der Waals surface area contributed by atoms with Crippen molar-refractivity contribution in [3.63, 3.8) is 0 Å². The number of nitrogens with one attached hydrogen (secondary N) is 1. The van der Waals surface area contributed by atoms with Gasteiger partial charge in [-0.05, 0) is 19.0 Å². The number of nitrogen functional groups attached to an aromatic ring is 1. The van der Waals surface area contributed by atoms with Crippen LogP contribution in [0.4, 0.5) is 11.5 Å². The van der Waals surface area contributed by atoms with Gasteiger partial charge in [0.15, 0.2) is 0 Å². The highest BCUT2D eigenvalue weighted by atomic mass is 16.5. The van der Waals surface area contributed by atoms with Crippen LogP contribution in [0.3, 0.4) is 0 Å². The van der Waals surface area contributed by atoms with Crippen LogP contribution in [-0.4, -0.2) is 49.3 Å². The first kappa shape index (κ1) is 12.1. The molecule has 1 aromatic heterocycles. The van der Waals surface area contributed by atoms with Crippen molar-refractivity contribution in [3.05, 3.63) is 18.3 Å². The maximum absolute atomic E-state index is 5.61. The second-order valence-electron chi connectivity index (χ2n) is 4.20. The summed E-state index contributed by atoms with van der Waals surface area (Å²) in [5.41, 5.74) is 6.65. The molecule has 2 rings (SSSR count). The van der Waals surface area contributed by atoms with Gasteiger partial charge in [-0.15, -0.1) is 0 Å². The highest BCUT2D eigenvalue weighted by molar-refractivity contribution is 5.49. The van der Waals surface area contributed by atoms with Gasteiger partial charge in [-0.1, -0.05) is 0 Å². The van der Waals surface area contributed by atoms with Gasteiger partial charge in [0.1, 0.15) is 5.82 Å². The largest absolute Gasteiger partial charge is 0.385 e. The number of morpholine rings is 1. The lowest BCUT2D eigenvalue weighted by atomic mass is 10.3. The average molecular weight is 236 g/mol. The molecule has 17 heavy (non-hydrogen) atoms. The van der Waals surface area contributed by atoms with Crippen LogP contribution in [0, 0.1) is 0 Å². The Morgan fingerprint density at radius 1 is 1.41 bits per heavy atom. The first-order valence-electron chi connectivity index (χ1n) is 6.10. The predicted molar refractivity (Wildman–Crippen MR) is 69.0 cm³/mol. The molecule has 0 amide bonds. The van der Waals surface area contributed by atoms with Crippen molar-refractivity contribution < 1.29 is 4.74 Å². The van der Waals surface area contributed by atoms with E-state index in [1.165, 1.54) is 0 Å². The van der Waals surface area contributed by atoms with Crippen molar-refractivity contribution in [2.24, 2.45) is 0 Å². The zero-order valence-corrected chi connectivity index (χ0v) is 10.1. The van der Waals surface area contributed by atoms with E-state index in [1.54, 1.807) is 6.20 Å². The summed E-state index contributed by atoms with van der Waals surface area (Å²) < 4.78 is 5.31. The van der Waals surface area contributed by atoms with Crippen LogP contribution in [0.15, 0.2) is 18.3 Å². The Morgan fingerprint density at radius 2 is 2.24 bits per heavy atom. The van der Waals surface area contributed by atoms with Gasteiger partial charge in [0.05, 0.1) is 13.2 Å². The van der Waals surface area contributed by atoms with E-state index in [9.17, 15) is 0 Å². The fourth-order valence-corrected chi connectivity index (χ4v) is 1.92. The topological polar surface area (TPSA) is 63.4 Å². The summed E-state index contributed by atoms with van der Waals surface area (Å²) in [6, 6.07) is 3.79. The number of aromatic nitrogens is 1. The molecular weight excluding hydrogens is 216 g/mol. The van der Waals surface area contributed by atoms with E-state index in [0.717, 1.165) is 51.5 Å².